The summed E-state index contributed by atoms with van der Waals surface area (Å²) in [5.74, 6) is 1.35. The van der Waals surface area contributed by atoms with E-state index < -0.39 is 0 Å². The molecule has 5 rings (SSSR count). The van der Waals surface area contributed by atoms with E-state index in [0.29, 0.717) is 34.5 Å². The van der Waals surface area contributed by atoms with Crippen molar-refractivity contribution in [1.82, 2.24) is 25.3 Å². The maximum Gasteiger partial charge on any atom is 0.226 e. The summed E-state index contributed by atoms with van der Waals surface area (Å²) in [4.78, 5) is 17.2. The molecule has 2 aromatic heterocycles. The molecule has 4 heterocycles. The van der Waals surface area contributed by atoms with Crippen LogP contribution in [0.15, 0.2) is 30.5 Å². The summed E-state index contributed by atoms with van der Waals surface area (Å²) in [5, 5.41) is 24.0. The number of amides is 1. The van der Waals surface area contributed by atoms with Gasteiger partial charge in [-0.2, -0.15) is 5.10 Å². The molecular formula is C26H33FN8O2S. The van der Waals surface area contributed by atoms with Crippen LogP contribution in [-0.2, 0) is 11.3 Å². The Kier molecular flexibility index (Phi) is 8.28. The monoisotopic (exact) mass is 540 g/mol. The zero-order chi connectivity index (χ0) is 26.5. The van der Waals surface area contributed by atoms with Crippen molar-refractivity contribution >= 4 is 33.3 Å². The summed E-state index contributed by atoms with van der Waals surface area (Å²) in [6.07, 6.45) is 5.03. The van der Waals surface area contributed by atoms with Gasteiger partial charge in [0.2, 0.25) is 16.2 Å². The van der Waals surface area contributed by atoms with Crippen molar-refractivity contribution < 1.29 is 13.9 Å². The van der Waals surface area contributed by atoms with Gasteiger partial charge in [0.05, 0.1) is 7.11 Å². The number of ether oxygens (including phenoxy) is 1. The molecule has 2 aliphatic rings. The van der Waals surface area contributed by atoms with E-state index in [4.69, 9.17) is 4.74 Å². The molecule has 2 fully saturated rings. The fourth-order valence-corrected chi connectivity index (χ4v) is 5.95. The quantitative estimate of drug-likeness (QED) is 0.420. The molecule has 10 nitrogen and oxygen atoms in total. The van der Waals surface area contributed by atoms with Crippen LogP contribution in [0.3, 0.4) is 0 Å². The minimum atomic E-state index is -0.256. The van der Waals surface area contributed by atoms with Crippen LogP contribution < -0.4 is 20.3 Å². The molecule has 0 aliphatic carbocycles. The van der Waals surface area contributed by atoms with Crippen molar-refractivity contribution in [2.24, 2.45) is 5.92 Å². The third kappa shape index (κ3) is 6.54. The van der Waals surface area contributed by atoms with Crippen molar-refractivity contribution in [2.45, 2.75) is 45.2 Å². The lowest BCUT2D eigenvalue weighted by Gasteiger charge is -2.32. The van der Waals surface area contributed by atoms with E-state index in [1.165, 1.54) is 11.3 Å². The van der Waals surface area contributed by atoms with Gasteiger partial charge in [-0.05, 0) is 68.5 Å². The first-order valence-electron chi connectivity index (χ1n) is 12.9. The van der Waals surface area contributed by atoms with Crippen LogP contribution in [0.5, 0.6) is 5.75 Å². The second kappa shape index (κ2) is 12.0. The van der Waals surface area contributed by atoms with Gasteiger partial charge < -0.3 is 20.3 Å². The molecule has 2 aliphatic heterocycles. The molecule has 2 saturated heterocycles. The van der Waals surface area contributed by atoms with Gasteiger partial charge >= 0.3 is 0 Å². The Morgan fingerprint density at radius 1 is 1.18 bits per heavy atom. The molecule has 12 heteroatoms. The molecule has 0 spiro atoms. The molecule has 38 heavy (non-hydrogen) atoms. The molecule has 0 radical (unpaired) electrons. The van der Waals surface area contributed by atoms with Gasteiger partial charge in [-0.3, -0.25) is 9.69 Å². The number of aromatic nitrogens is 4. The highest BCUT2D eigenvalue weighted by atomic mass is 32.1. The first kappa shape index (κ1) is 26.2. The van der Waals surface area contributed by atoms with E-state index in [1.807, 2.05) is 18.2 Å². The number of benzene rings is 1. The van der Waals surface area contributed by atoms with Gasteiger partial charge in [0.25, 0.3) is 0 Å². The Morgan fingerprint density at radius 3 is 2.87 bits per heavy atom. The van der Waals surface area contributed by atoms with E-state index >= 15 is 0 Å². The number of carbonyl (C=O) groups excluding carboxylic acids is 1. The highest BCUT2D eigenvalue weighted by Gasteiger charge is 2.26. The normalized spacial score (nSPS) is 19.9. The van der Waals surface area contributed by atoms with Crippen LogP contribution in [0.4, 0.5) is 20.5 Å². The summed E-state index contributed by atoms with van der Waals surface area (Å²) < 4.78 is 19.6. The Morgan fingerprint density at radius 2 is 2.05 bits per heavy atom. The Balaban J connectivity index is 1.08. The summed E-state index contributed by atoms with van der Waals surface area (Å²) >= 11 is 1.35. The second-order valence-corrected chi connectivity index (χ2v) is 10.9. The number of piperidine rings is 1. The van der Waals surface area contributed by atoms with Gasteiger partial charge in [-0.25, -0.2) is 4.39 Å². The van der Waals surface area contributed by atoms with Gasteiger partial charge in [-0.15, -0.1) is 15.3 Å². The Bertz CT molecular complexity index is 1240. The molecule has 2 atom stereocenters. The third-order valence-electron chi connectivity index (χ3n) is 7.13. The SMILES string of the molecule is COc1cc(CN2CCC[C@@H](CC(=O)Nc3nnc(N[C@@H]4CCN(c5cccnn5)C4)s3)C2)cc(F)c1C. The zero-order valence-corrected chi connectivity index (χ0v) is 22.5. The first-order chi connectivity index (χ1) is 18.5. The van der Waals surface area contributed by atoms with Crippen molar-refractivity contribution in [3.05, 3.63) is 47.4 Å². The number of nitrogens with one attached hydrogen (secondary N) is 2. The highest BCUT2D eigenvalue weighted by molar-refractivity contribution is 7.19. The van der Waals surface area contributed by atoms with E-state index in [1.54, 1.807) is 26.3 Å². The summed E-state index contributed by atoms with van der Waals surface area (Å²) in [6, 6.07) is 7.54. The maximum absolute atomic E-state index is 14.3. The Labute approximate surface area is 225 Å². The molecular weight excluding hydrogens is 507 g/mol. The molecule has 0 bridgehead atoms. The second-order valence-electron chi connectivity index (χ2n) is 9.97. The smallest absolute Gasteiger partial charge is 0.226 e. The highest BCUT2D eigenvalue weighted by Crippen LogP contribution is 2.28. The van der Waals surface area contributed by atoms with Crippen molar-refractivity contribution in [3.63, 3.8) is 0 Å². The van der Waals surface area contributed by atoms with Gasteiger partial charge in [0.1, 0.15) is 11.6 Å². The molecule has 0 unspecified atom stereocenters. The van der Waals surface area contributed by atoms with E-state index in [-0.39, 0.29) is 23.7 Å². The van der Waals surface area contributed by atoms with Crippen molar-refractivity contribution in [1.29, 1.82) is 0 Å². The number of hydrogen-bond acceptors (Lipinski definition) is 10. The number of halogens is 1. The molecule has 2 N–H and O–H groups in total. The number of anilines is 3. The lowest BCUT2D eigenvalue weighted by atomic mass is 9.94. The van der Waals surface area contributed by atoms with Crippen LogP contribution in [-0.4, -0.2) is 70.5 Å². The van der Waals surface area contributed by atoms with Gasteiger partial charge in [0.15, 0.2) is 5.82 Å². The summed E-state index contributed by atoms with van der Waals surface area (Å²) in [6.45, 7) is 5.76. The van der Waals surface area contributed by atoms with E-state index in [2.05, 4.69) is 40.8 Å². The Hall–Kier alpha value is -3.38. The van der Waals surface area contributed by atoms with E-state index in [9.17, 15) is 9.18 Å². The molecule has 3 aromatic rings. The predicted octanol–water partition coefficient (Wildman–Crippen LogP) is 3.72. The number of methoxy groups -OCH3 is 1. The first-order valence-corrected chi connectivity index (χ1v) is 13.8. The molecule has 202 valence electrons. The maximum atomic E-state index is 14.3. The van der Waals surface area contributed by atoms with Crippen LogP contribution in [0, 0.1) is 18.7 Å². The minimum absolute atomic E-state index is 0.0581. The van der Waals surface area contributed by atoms with Crippen molar-refractivity contribution in [2.75, 3.05) is 48.8 Å². The molecule has 1 aromatic carbocycles. The largest absolute Gasteiger partial charge is 0.496 e. The molecule has 1 amide bonds. The fourth-order valence-electron chi connectivity index (χ4n) is 5.22. The van der Waals surface area contributed by atoms with Crippen LogP contribution >= 0.6 is 11.3 Å². The number of rotatable bonds is 9. The average Bonchev–Trinajstić information content (AvgIpc) is 3.56. The fraction of sp³-hybridized carbons (Fsp3) is 0.500. The zero-order valence-electron chi connectivity index (χ0n) is 21.7. The number of hydrogen-bond donors (Lipinski definition) is 2. The topological polar surface area (TPSA) is 108 Å². The van der Waals surface area contributed by atoms with Crippen LogP contribution in [0.25, 0.3) is 0 Å². The lowest BCUT2D eigenvalue weighted by Crippen LogP contribution is -2.36. The summed E-state index contributed by atoms with van der Waals surface area (Å²) in [5.41, 5.74) is 1.40. The lowest BCUT2D eigenvalue weighted by molar-refractivity contribution is -0.117. The van der Waals surface area contributed by atoms with E-state index in [0.717, 1.165) is 56.8 Å². The predicted molar refractivity (Wildman–Crippen MR) is 145 cm³/mol. The number of likely N-dealkylation sites (tertiary alicyclic amines) is 1. The van der Waals surface area contributed by atoms with Gasteiger partial charge in [-0.1, -0.05) is 11.3 Å². The average molecular weight is 541 g/mol. The number of nitrogens with zero attached hydrogens (tertiary/aromatic N) is 6. The number of carbonyl (C=O) groups is 1. The van der Waals surface area contributed by atoms with Crippen LogP contribution in [0.1, 0.15) is 36.8 Å². The molecule has 0 saturated carbocycles. The minimum Gasteiger partial charge on any atom is -0.496 e. The van der Waals surface area contributed by atoms with Crippen molar-refractivity contribution in [3.8, 4) is 5.75 Å². The van der Waals surface area contributed by atoms with Gasteiger partial charge in [0, 0.05) is 50.4 Å². The third-order valence-corrected chi connectivity index (χ3v) is 7.90. The standard InChI is InChI=1S/C26H33FN8O2S/c1-17-21(27)11-19(12-22(17)37-2)15-34-9-4-5-18(14-34)13-24(36)30-26-33-32-25(38-26)29-20-7-10-35(16-20)23-6-3-8-28-31-23/h3,6,8,11-12,18,20H,4-5,7,9-10,13-16H2,1-2H3,(H,29,32)(H,30,33,36)/t18-,20+/m0/s1. The van der Waals surface area contributed by atoms with Crippen LogP contribution in [0.2, 0.25) is 0 Å². The summed E-state index contributed by atoms with van der Waals surface area (Å²) in [7, 11) is 1.56.